The molecule has 2 heterocycles. The maximum atomic E-state index is 12.3. The van der Waals surface area contributed by atoms with Crippen LogP contribution in [-0.4, -0.2) is 55.1 Å². The number of carbonyl (C=O) groups excluding carboxylic acids is 2. The number of aromatic hydroxyl groups is 1. The van der Waals surface area contributed by atoms with Crippen molar-refractivity contribution in [1.29, 1.82) is 0 Å². The summed E-state index contributed by atoms with van der Waals surface area (Å²) < 4.78 is -0.609. The van der Waals surface area contributed by atoms with Gasteiger partial charge in [0.1, 0.15) is 23.2 Å². The van der Waals surface area contributed by atoms with Crippen molar-refractivity contribution in [3.05, 3.63) is 29.8 Å². The molecule has 1 aromatic rings. The molecule has 0 bridgehead atoms. The van der Waals surface area contributed by atoms with E-state index < -0.39 is 22.8 Å². The predicted molar refractivity (Wildman–Crippen MR) is 87.5 cm³/mol. The average molecular weight is 350 g/mol. The van der Waals surface area contributed by atoms with Gasteiger partial charge in [-0.1, -0.05) is 12.1 Å². The van der Waals surface area contributed by atoms with Gasteiger partial charge in [-0.3, -0.25) is 9.59 Å². The first-order valence-electron chi connectivity index (χ1n) is 7.51. The molecule has 2 saturated heterocycles. The van der Waals surface area contributed by atoms with Crippen LogP contribution in [-0.2, 0) is 20.8 Å². The van der Waals surface area contributed by atoms with Crippen molar-refractivity contribution in [3.63, 3.8) is 0 Å². The van der Waals surface area contributed by atoms with Gasteiger partial charge < -0.3 is 20.4 Å². The first-order chi connectivity index (χ1) is 11.2. The van der Waals surface area contributed by atoms with Crippen LogP contribution in [0.5, 0.6) is 5.75 Å². The molecule has 8 heteroatoms. The van der Waals surface area contributed by atoms with Crippen LogP contribution in [0.25, 0.3) is 0 Å². The van der Waals surface area contributed by atoms with Gasteiger partial charge in [0.2, 0.25) is 11.8 Å². The lowest BCUT2D eigenvalue weighted by Gasteiger charge is -2.43. The van der Waals surface area contributed by atoms with E-state index in [1.807, 2.05) is 0 Å². The number of β-lactam (4-membered cyclic amide) rings is 1. The van der Waals surface area contributed by atoms with Gasteiger partial charge in [-0.25, -0.2) is 4.79 Å². The van der Waals surface area contributed by atoms with Crippen LogP contribution >= 0.6 is 11.8 Å². The summed E-state index contributed by atoms with van der Waals surface area (Å²) in [4.78, 5) is 37.2. The minimum Gasteiger partial charge on any atom is -0.508 e. The minimum atomic E-state index is -1.03. The molecule has 0 aliphatic carbocycles. The second-order valence-electron chi connectivity index (χ2n) is 6.49. The number of hydrogen-bond acceptors (Lipinski definition) is 5. The Labute approximate surface area is 143 Å². The van der Waals surface area contributed by atoms with E-state index in [-0.39, 0.29) is 29.4 Å². The highest BCUT2D eigenvalue weighted by molar-refractivity contribution is 8.01. The lowest BCUT2D eigenvalue weighted by atomic mass is 9.96. The standard InChI is InChI=1S/C16H18N2O5S/c1-16(2)12(15(22)23)18-13(21)11(14(18)24-16)17-10(20)7-8-3-5-9(19)6-4-8/h3-6,11-12,14,19H,7H2,1-2H3,(H,17,20)(H,22,23)/t11-,12+,14-/m1/s1. The van der Waals surface area contributed by atoms with Crippen LogP contribution in [0, 0.1) is 0 Å². The second kappa shape index (κ2) is 5.70. The van der Waals surface area contributed by atoms with Crippen molar-refractivity contribution in [3.8, 4) is 5.75 Å². The molecule has 2 aliphatic heterocycles. The number of phenols is 1. The molecular weight excluding hydrogens is 332 g/mol. The van der Waals surface area contributed by atoms with Crippen molar-refractivity contribution in [1.82, 2.24) is 10.2 Å². The Kier molecular flexibility index (Phi) is 3.95. The van der Waals surface area contributed by atoms with Gasteiger partial charge in [0, 0.05) is 4.75 Å². The highest BCUT2D eigenvalue weighted by Crippen LogP contribution is 2.50. The fourth-order valence-corrected chi connectivity index (χ4v) is 4.79. The summed E-state index contributed by atoms with van der Waals surface area (Å²) >= 11 is 1.39. The molecule has 0 aromatic heterocycles. The first kappa shape index (κ1) is 16.6. The third-order valence-electron chi connectivity index (χ3n) is 4.29. The number of amides is 2. The molecule has 0 spiro atoms. The Morgan fingerprint density at radius 1 is 1.29 bits per heavy atom. The van der Waals surface area contributed by atoms with Gasteiger partial charge in [-0.05, 0) is 31.5 Å². The Morgan fingerprint density at radius 3 is 2.50 bits per heavy atom. The van der Waals surface area contributed by atoms with Crippen molar-refractivity contribution < 1.29 is 24.6 Å². The summed E-state index contributed by atoms with van der Waals surface area (Å²) in [6, 6.07) is 4.68. The van der Waals surface area contributed by atoms with E-state index in [4.69, 9.17) is 0 Å². The molecule has 3 atom stereocenters. The lowest BCUT2D eigenvalue weighted by molar-refractivity contribution is -0.161. The SMILES string of the molecule is CC1(C)S[C@@H]2[C@H](NC(=O)Cc3ccc(O)cc3)C(=O)N2[C@H]1C(=O)O. The Bertz CT molecular complexity index is 703. The fourth-order valence-electron chi connectivity index (χ4n) is 3.17. The van der Waals surface area contributed by atoms with Crippen molar-refractivity contribution in [2.45, 2.75) is 42.5 Å². The Balaban J connectivity index is 1.65. The molecule has 1 aromatic carbocycles. The molecule has 3 rings (SSSR count). The van der Waals surface area contributed by atoms with Crippen molar-refractivity contribution in [2.75, 3.05) is 0 Å². The van der Waals surface area contributed by atoms with Gasteiger partial charge in [0.05, 0.1) is 6.42 Å². The summed E-state index contributed by atoms with van der Waals surface area (Å²) in [5, 5.41) is 20.9. The van der Waals surface area contributed by atoms with E-state index in [0.717, 1.165) is 5.56 Å². The molecule has 24 heavy (non-hydrogen) atoms. The van der Waals surface area contributed by atoms with E-state index >= 15 is 0 Å². The zero-order valence-electron chi connectivity index (χ0n) is 13.2. The number of carboxylic acid groups (broad SMARTS) is 1. The van der Waals surface area contributed by atoms with Crippen molar-refractivity contribution >= 4 is 29.5 Å². The molecule has 128 valence electrons. The number of fused-ring (bicyclic) bond motifs is 1. The number of benzene rings is 1. The molecular formula is C16H18N2O5S. The van der Waals surface area contributed by atoms with E-state index in [9.17, 15) is 24.6 Å². The molecule has 2 amide bonds. The zero-order chi connectivity index (χ0) is 17.6. The van der Waals surface area contributed by atoms with Crippen LogP contribution in [0.3, 0.4) is 0 Å². The van der Waals surface area contributed by atoms with E-state index in [1.54, 1.807) is 26.0 Å². The van der Waals surface area contributed by atoms with Gasteiger partial charge in [0.15, 0.2) is 0 Å². The van der Waals surface area contributed by atoms with Crippen LogP contribution < -0.4 is 5.32 Å². The normalized spacial score (nSPS) is 27.3. The monoisotopic (exact) mass is 350 g/mol. The third-order valence-corrected chi connectivity index (χ3v) is 5.86. The molecule has 7 nitrogen and oxygen atoms in total. The van der Waals surface area contributed by atoms with Crippen molar-refractivity contribution in [2.24, 2.45) is 0 Å². The maximum absolute atomic E-state index is 12.3. The van der Waals surface area contributed by atoms with Crippen LogP contribution in [0.15, 0.2) is 24.3 Å². The number of rotatable bonds is 4. The van der Waals surface area contributed by atoms with E-state index in [2.05, 4.69) is 5.32 Å². The summed E-state index contributed by atoms with van der Waals surface area (Å²) in [5.74, 6) is -1.58. The number of hydrogen-bond donors (Lipinski definition) is 3. The highest BCUT2D eigenvalue weighted by atomic mass is 32.2. The Morgan fingerprint density at radius 2 is 1.92 bits per heavy atom. The predicted octanol–water partition coefficient (Wildman–Crippen LogP) is 0.566. The quantitative estimate of drug-likeness (QED) is 0.685. The number of thioether (sulfide) groups is 1. The summed E-state index contributed by atoms with van der Waals surface area (Å²) in [6.07, 6.45) is 0.0905. The summed E-state index contributed by atoms with van der Waals surface area (Å²) in [6.45, 7) is 3.58. The smallest absolute Gasteiger partial charge is 0.327 e. The van der Waals surface area contributed by atoms with Gasteiger partial charge in [0.25, 0.3) is 0 Å². The molecule has 2 aliphatic rings. The fraction of sp³-hybridized carbons (Fsp3) is 0.438. The molecule has 0 radical (unpaired) electrons. The number of nitrogens with zero attached hydrogens (tertiary/aromatic N) is 1. The first-order valence-corrected chi connectivity index (χ1v) is 8.39. The number of nitrogens with one attached hydrogen (secondary N) is 1. The Hall–Kier alpha value is -2.22. The largest absolute Gasteiger partial charge is 0.508 e. The molecule has 0 saturated carbocycles. The molecule has 0 unspecified atom stereocenters. The number of phenolic OH excluding ortho intramolecular Hbond substituents is 1. The molecule has 2 fully saturated rings. The summed E-state index contributed by atoms with van der Waals surface area (Å²) in [7, 11) is 0. The van der Waals surface area contributed by atoms with Gasteiger partial charge in [-0.15, -0.1) is 11.8 Å². The lowest BCUT2D eigenvalue weighted by Crippen LogP contribution is -2.70. The van der Waals surface area contributed by atoms with Gasteiger partial charge >= 0.3 is 5.97 Å². The zero-order valence-corrected chi connectivity index (χ0v) is 14.0. The van der Waals surface area contributed by atoms with Gasteiger partial charge in [-0.2, -0.15) is 0 Å². The van der Waals surface area contributed by atoms with Crippen LogP contribution in [0.4, 0.5) is 0 Å². The highest BCUT2D eigenvalue weighted by Gasteiger charge is 2.64. The summed E-state index contributed by atoms with van der Waals surface area (Å²) in [5.41, 5.74) is 0.719. The number of aliphatic carboxylic acids is 1. The maximum Gasteiger partial charge on any atom is 0.327 e. The molecule has 3 N–H and O–H groups in total. The van der Waals surface area contributed by atoms with Crippen LogP contribution in [0.1, 0.15) is 19.4 Å². The average Bonchev–Trinajstić information content (AvgIpc) is 2.76. The second-order valence-corrected chi connectivity index (χ2v) is 8.26. The van der Waals surface area contributed by atoms with E-state index in [0.29, 0.717) is 0 Å². The number of carboxylic acids is 1. The minimum absolute atomic E-state index is 0.0905. The topological polar surface area (TPSA) is 107 Å². The third kappa shape index (κ3) is 2.71. The number of carbonyl (C=O) groups is 3. The van der Waals surface area contributed by atoms with Crippen LogP contribution in [0.2, 0.25) is 0 Å². The van der Waals surface area contributed by atoms with E-state index in [1.165, 1.54) is 28.8 Å².